The summed E-state index contributed by atoms with van der Waals surface area (Å²) in [5, 5.41) is 5.73. The van der Waals surface area contributed by atoms with Crippen molar-refractivity contribution in [1.29, 1.82) is 0 Å². The van der Waals surface area contributed by atoms with Gasteiger partial charge in [-0.15, -0.1) is 0 Å². The maximum atomic E-state index is 11.0. The van der Waals surface area contributed by atoms with E-state index >= 15 is 0 Å². The molecule has 1 aliphatic carbocycles. The summed E-state index contributed by atoms with van der Waals surface area (Å²) in [6, 6.07) is 0.388. The molecule has 0 saturated heterocycles. The fourth-order valence-electron chi connectivity index (χ4n) is 0.718. The lowest BCUT2D eigenvalue weighted by Gasteiger charge is -2.06. The normalized spacial score (nSPS) is 15.1. The number of carbonyl (C=O) groups is 1. The molecule has 0 heterocycles. The first-order valence-corrected chi connectivity index (χ1v) is 4.17. The van der Waals surface area contributed by atoms with E-state index in [2.05, 4.69) is 28.3 Å². The summed E-state index contributed by atoms with van der Waals surface area (Å²) in [6.07, 6.45) is 2.18. The smallest absolute Gasteiger partial charge is 0.239 e. The zero-order chi connectivity index (χ0) is 8.97. The van der Waals surface area contributed by atoms with Crippen molar-refractivity contribution in [3.05, 3.63) is 0 Å². The van der Waals surface area contributed by atoms with Gasteiger partial charge in [0.25, 0.3) is 0 Å². The van der Waals surface area contributed by atoms with E-state index < -0.39 is 0 Å². The number of carbonyl (C=O) groups excluding carboxylic acids is 1. The molecule has 1 amide bonds. The second-order valence-electron chi connectivity index (χ2n) is 2.67. The molecule has 5 N–H and O–H groups in total. The SMILES string of the molecule is NNC(=S)NCC(=O)NC1CC1. The number of nitrogens with two attached hydrogens (primary N) is 1. The van der Waals surface area contributed by atoms with Crippen LogP contribution in [0.25, 0.3) is 0 Å². The van der Waals surface area contributed by atoms with E-state index in [1.54, 1.807) is 0 Å². The molecule has 68 valence electrons. The Balaban J connectivity index is 2.04. The van der Waals surface area contributed by atoms with Crippen LogP contribution in [0.4, 0.5) is 0 Å². The molecule has 0 bridgehead atoms. The van der Waals surface area contributed by atoms with Gasteiger partial charge in [0.15, 0.2) is 5.11 Å². The van der Waals surface area contributed by atoms with Gasteiger partial charge in [-0.2, -0.15) is 0 Å². The summed E-state index contributed by atoms with van der Waals surface area (Å²) in [5.74, 6) is 4.94. The molecule has 0 aromatic carbocycles. The van der Waals surface area contributed by atoms with Crippen molar-refractivity contribution in [2.45, 2.75) is 18.9 Å². The van der Waals surface area contributed by atoms with Crippen molar-refractivity contribution in [1.82, 2.24) is 16.1 Å². The summed E-state index contributed by atoms with van der Waals surface area (Å²) in [7, 11) is 0. The van der Waals surface area contributed by atoms with Gasteiger partial charge < -0.3 is 16.1 Å². The van der Waals surface area contributed by atoms with Crippen LogP contribution in [0.3, 0.4) is 0 Å². The van der Waals surface area contributed by atoms with Gasteiger partial charge in [0, 0.05) is 6.04 Å². The van der Waals surface area contributed by atoms with E-state index in [9.17, 15) is 4.79 Å². The van der Waals surface area contributed by atoms with Gasteiger partial charge in [-0.1, -0.05) is 0 Å². The highest BCUT2D eigenvalue weighted by Gasteiger charge is 2.22. The largest absolute Gasteiger partial charge is 0.353 e. The average Bonchev–Trinajstić information content (AvgIpc) is 2.84. The van der Waals surface area contributed by atoms with Crippen molar-refractivity contribution in [2.24, 2.45) is 5.84 Å². The third-order valence-corrected chi connectivity index (χ3v) is 1.75. The summed E-state index contributed by atoms with van der Waals surface area (Å²) in [4.78, 5) is 11.0. The molecule has 1 saturated carbocycles. The van der Waals surface area contributed by atoms with E-state index in [4.69, 9.17) is 5.84 Å². The Bertz CT molecular complexity index is 192. The van der Waals surface area contributed by atoms with E-state index in [0.29, 0.717) is 6.04 Å². The summed E-state index contributed by atoms with van der Waals surface area (Å²) in [5.41, 5.74) is 2.23. The van der Waals surface area contributed by atoms with Crippen molar-refractivity contribution < 1.29 is 4.79 Å². The van der Waals surface area contributed by atoms with Gasteiger partial charge in [-0.05, 0) is 25.1 Å². The lowest BCUT2D eigenvalue weighted by molar-refractivity contribution is -0.120. The minimum absolute atomic E-state index is 0.0462. The highest BCUT2D eigenvalue weighted by molar-refractivity contribution is 7.80. The first-order valence-electron chi connectivity index (χ1n) is 3.76. The molecule has 12 heavy (non-hydrogen) atoms. The highest BCUT2D eigenvalue weighted by atomic mass is 32.1. The Morgan fingerprint density at radius 1 is 1.58 bits per heavy atom. The molecule has 0 atom stereocenters. The van der Waals surface area contributed by atoms with Crippen LogP contribution in [0, 0.1) is 0 Å². The molecular formula is C6H12N4OS. The summed E-state index contributed by atoms with van der Waals surface area (Å²) >= 11 is 4.68. The van der Waals surface area contributed by atoms with E-state index in [0.717, 1.165) is 12.8 Å². The minimum atomic E-state index is -0.0462. The Morgan fingerprint density at radius 2 is 2.25 bits per heavy atom. The number of amides is 1. The number of hydrazine groups is 1. The zero-order valence-corrected chi connectivity index (χ0v) is 7.41. The standard InChI is InChI=1S/C6H12N4OS/c7-10-6(12)8-3-5(11)9-4-1-2-4/h4H,1-3,7H2,(H,9,11)(H2,8,10,12). The molecule has 5 nitrogen and oxygen atoms in total. The second kappa shape index (κ2) is 4.22. The fraction of sp³-hybridized carbons (Fsp3) is 0.667. The maximum absolute atomic E-state index is 11.0. The first kappa shape index (κ1) is 9.21. The topological polar surface area (TPSA) is 79.2 Å². The predicted octanol–water partition coefficient (Wildman–Crippen LogP) is -1.40. The van der Waals surface area contributed by atoms with Gasteiger partial charge in [-0.3, -0.25) is 4.79 Å². The minimum Gasteiger partial charge on any atom is -0.353 e. The second-order valence-corrected chi connectivity index (χ2v) is 3.08. The maximum Gasteiger partial charge on any atom is 0.239 e. The highest BCUT2D eigenvalue weighted by Crippen LogP contribution is 2.17. The van der Waals surface area contributed by atoms with Crippen molar-refractivity contribution in [2.75, 3.05) is 6.54 Å². The van der Waals surface area contributed by atoms with E-state index in [1.807, 2.05) is 0 Å². The van der Waals surface area contributed by atoms with Crippen molar-refractivity contribution in [3.63, 3.8) is 0 Å². The third kappa shape index (κ3) is 3.49. The van der Waals surface area contributed by atoms with Crippen LogP contribution in [0.1, 0.15) is 12.8 Å². The van der Waals surface area contributed by atoms with Gasteiger partial charge in [0.05, 0.1) is 6.54 Å². The molecule has 0 aliphatic heterocycles. The summed E-state index contributed by atoms with van der Waals surface area (Å²) < 4.78 is 0. The molecule has 1 fully saturated rings. The fourth-order valence-corrected chi connectivity index (χ4v) is 0.790. The Labute approximate surface area is 76.0 Å². The number of rotatable bonds is 3. The van der Waals surface area contributed by atoms with E-state index in [1.165, 1.54) is 0 Å². The molecule has 0 aromatic rings. The van der Waals surface area contributed by atoms with Crippen LogP contribution in [-0.2, 0) is 4.79 Å². The van der Waals surface area contributed by atoms with Crippen molar-refractivity contribution in [3.8, 4) is 0 Å². The molecule has 1 aliphatic rings. The lowest BCUT2D eigenvalue weighted by Crippen LogP contribution is -2.44. The van der Waals surface area contributed by atoms with Crippen LogP contribution in [0.2, 0.25) is 0 Å². The first-order chi connectivity index (χ1) is 5.72. The number of hydrogen-bond acceptors (Lipinski definition) is 3. The zero-order valence-electron chi connectivity index (χ0n) is 6.59. The lowest BCUT2D eigenvalue weighted by atomic mass is 10.5. The Morgan fingerprint density at radius 3 is 2.75 bits per heavy atom. The van der Waals surface area contributed by atoms with Crippen LogP contribution in [-0.4, -0.2) is 23.6 Å². The van der Waals surface area contributed by atoms with Crippen LogP contribution in [0.5, 0.6) is 0 Å². The summed E-state index contributed by atoms with van der Waals surface area (Å²) in [6.45, 7) is 0.180. The van der Waals surface area contributed by atoms with Gasteiger partial charge in [0.2, 0.25) is 5.91 Å². The number of nitrogens with one attached hydrogen (secondary N) is 3. The molecule has 0 aromatic heterocycles. The Hall–Kier alpha value is -0.880. The van der Waals surface area contributed by atoms with Gasteiger partial charge in [-0.25, -0.2) is 5.84 Å². The monoisotopic (exact) mass is 188 g/mol. The number of thiocarbonyl (C=S) groups is 1. The molecule has 6 heteroatoms. The van der Waals surface area contributed by atoms with Crippen LogP contribution < -0.4 is 21.9 Å². The van der Waals surface area contributed by atoms with Crippen LogP contribution >= 0.6 is 12.2 Å². The molecule has 0 unspecified atom stereocenters. The van der Waals surface area contributed by atoms with E-state index in [-0.39, 0.29) is 17.6 Å². The van der Waals surface area contributed by atoms with Crippen LogP contribution in [0.15, 0.2) is 0 Å². The Kier molecular flexibility index (Phi) is 3.24. The molecule has 0 radical (unpaired) electrons. The van der Waals surface area contributed by atoms with Gasteiger partial charge in [0.1, 0.15) is 0 Å². The molecule has 1 rings (SSSR count). The number of hydrogen-bond donors (Lipinski definition) is 4. The average molecular weight is 188 g/mol. The third-order valence-electron chi connectivity index (χ3n) is 1.48. The quantitative estimate of drug-likeness (QED) is 0.249. The van der Waals surface area contributed by atoms with Gasteiger partial charge >= 0.3 is 0 Å². The molecular weight excluding hydrogens is 176 g/mol. The predicted molar refractivity (Wildman–Crippen MR) is 49.1 cm³/mol. The molecule has 0 spiro atoms. The van der Waals surface area contributed by atoms with Crippen molar-refractivity contribution >= 4 is 23.2 Å².